The number of nitrogens with one attached hydrogen (secondary N) is 1. The lowest BCUT2D eigenvalue weighted by Crippen LogP contribution is -2.08. The SMILES string of the molecule is C1CC2CNC[C@H]2C1.CC.Clc1ccccc1Cl. The average molecular weight is 288 g/mol. The molecular formula is C15H23Cl2N. The van der Waals surface area contributed by atoms with Crippen LogP contribution in [0.2, 0.25) is 10.0 Å². The summed E-state index contributed by atoms with van der Waals surface area (Å²) in [4.78, 5) is 0. The van der Waals surface area contributed by atoms with Crippen LogP contribution in [0.25, 0.3) is 0 Å². The second kappa shape index (κ2) is 8.79. The Balaban J connectivity index is 0.000000159. The third kappa shape index (κ3) is 4.79. The van der Waals surface area contributed by atoms with Gasteiger partial charge in [0.1, 0.15) is 0 Å². The maximum atomic E-state index is 5.58. The minimum absolute atomic E-state index is 0.606. The van der Waals surface area contributed by atoms with Crippen LogP contribution in [0, 0.1) is 11.8 Å². The highest BCUT2D eigenvalue weighted by Crippen LogP contribution is 2.33. The number of hydrogen-bond donors (Lipinski definition) is 1. The minimum Gasteiger partial charge on any atom is -0.316 e. The van der Waals surface area contributed by atoms with Gasteiger partial charge in [-0.15, -0.1) is 0 Å². The molecule has 1 heterocycles. The van der Waals surface area contributed by atoms with Gasteiger partial charge in [0.05, 0.1) is 10.0 Å². The van der Waals surface area contributed by atoms with Crippen LogP contribution in [0.4, 0.5) is 0 Å². The Bertz CT molecular complexity index is 300. The topological polar surface area (TPSA) is 12.0 Å². The van der Waals surface area contributed by atoms with Crippen molar-refractivity contribution in [1.82, 2.24) is 5.32 Å². The molecule has 1 aromatic rings. The normalized spacial score (nSPS) is 24.4. The first-order valence-corrected chi connectivity index (χ1v) is 7.63. The van der Waals surface area contributed by atoms with E-state index in [1.807, 2.05) is 26.0 Å². The number of fused-ring (bicyclic) bond motifs is 1. The Morgan fingerprint density at radius 2 is 1.39 bits per heavy atom. The first-order chi connectivity index (χ1) is 8.77. The molecule has 1 aliphatic carbocycles. The molecule has 1 aromatic carbocycles. The van der Waals surface area contributed by atoms with Crippen molar-refractivity contribution < 1.29 is 0 Å². The Morgan fingerprint density at radius 3 is 1.78 bits per heavy atom. The van der Waals surface area contributed by atoms with E-state index in [0.29, 0.717) is 10.0 Å². The van der Waals surface area contributed by atoms with E-state index in [9.17, 15) is 0 Å². The number of benzene rings is 1. The monoisotopic (exact) mass is 287 g/mol. The van der Waals surface area contributed by atoms with Crippen molar-refractivity contribution in [3.8, 4) is 0 Å². The largest absolute Gasteiger partial charge is 0.316 e. The highest BCUT2D eigenvalue weighted by molar-refractivity contribution is 6.41. The number of hydrogen-bond acceptors (Lipinski definition) is 1. The minimum atomic E-state index is 0.606. The molecule has 18 heavy (non-hydrogen) atoms. The quantitative estimate of drug-likeness (QED) is 0.706. The van der Waals surface area contributed by atoms with Gasteiger partial charge in [0.15, 0.2) is 0 Å². The molecule has 0 spiro atoms. The summed E-state index contributed by atoms with van der Waals surface area (Å²) in [6, 6.07) is 7.19. The molecule has 102 valence electrons. The van der Waals surface area contributed by atoms with Crippen molar-refractivity contribution in [2.75, 3.05) is 13.1 Å². The fourth-order valence-corrected chi connectivity index (χ4v) is 2.82. The van der Waals surface area contributed by atoms with Crippen molar-refractivity contribution in [1.29, 1.82) is 0 Å². The molecule has 1 unspecified atom stereocenters. The lowest BCUT2D eigenvalue weighted by molar-refractivity contribution is 0.494. The van der Waals surface area contributed by atoms with Gasteiger partial charge in [-0.05, 0) is 49.9 Å². The van der Waals surface area contributed by atoms with Crippen molar-refractivity contribution in [2.45, 2.75) is 33.1 Å². The van der Waals surface area contributed by atoms with E-state index >= 15 is 0 Å². The number of halogens is 2. The Kier molecular flexibility index (Phi) is 7.73. The zero-order valence-corrected chi connectivity index (χ0v) is 12.8. The van der Waals surface area contributed by atoms with Gasteiger partial charge in [0.2, 0.25) is 0 Å². The van der Waals surface area contributed by atoms with Crippen LogP contribution >= 0.6 is 23.2 Å². The summed E-state index contributed by atoms with van der Waals surface area (Å²) in [6.45, 7) is 6.62. The third-order valence-electron chi connectivity index (χ3n) is 3.45. The first kappa shape index (κ1) is 15.8. The molecule has 2 atom stereocenters. The summed E-state index contributed by atoms with van der Waals surface area (Å²) in [7, 11) is 0. The van der Waals surface area contributed by atoms with Crippen LogP contribution in [0.3, 0.4) is 0 Å². The van der Waals surface area contributed by atoms with Gasteiger partial charge in [0.25, 0.3) is 0 Å². The van der Waals surface area contributed by atoms with Gasteiger partial charge < -0.3 is 5.32 Å². The summed E-state index contributed by atoms with van der Waals surface area (Å²) in [5.41, 5.74) is 0. The smallest absolute Gasteiger partial charge is 0.0592 e. The highest BCUT2D eigenvalue weighted by atomic mass is 35.5. The number of rotatable bonds is 0. The predicted molar refractivity (Wildman–Crippen MR) is 81.5 cm³/mol. The molecule has 3 rings (SSSR count). The predicted octanol–water partition coefficient (Wildman–Crippen LogP) is 5.03. The Hall–Kier alpha value is -0.240. The van der Waals surface area contributed by atoms with Gasteiger partial charge in [0, 0.05) is 0 Å². The standard InChI is InChI=1S/C7H13N.C6H4Cl2.C2H6/c1-2-6-4-8-5-7(6)3-1;7-5-3-1-2-4-6(5)8;1-2/h6-8H,1-5H2;1-4H;1-2H3/t6-,7?;;/m1../s1. The Morgan fingerprint density at radius 1 is 0.944 bits per heavy atom. The van der Waals surface area contributed by atoms with Crippen molar-refractivity contribution >= 4 is 23.2 Å². The van der Waals surface area contributed by atoms with Gasteiger partial charge in [-0.25, -0.2) is 0 Å². The molecule has 2 fully saturated rings. The summed E-state index contributed by atoms with van der Waals surface area (Å²) < 4.78 is 0. The average Bonchev–Trinajstić information content (AvgIpc) is 2.99. The molecule has 1 nitrogen and oxygen atoms in total. The second-order valence-electron chi connectivity index (χ2n) is 4.52. The zero-order chi connectivity index (χ0) is 13.4. The molecule has 1 N–H and O–H groups in total. The van der Waals surface area contributed by atoms with Gasteiger partial charge in [-0.3, -0.25) is 0 Å². The zero-order valence-electron chi connectivity index (χ0n) is 11.3. The molecule has 1 aliphatic heterocycles. The summed E-state index contributed by atoms with van der Waals surface area (Å²) in [6.07, 6.45) is 4.49. The fraction of sp³-hybridized carbons (Fsp3) is 0.600. The summed E-state index contributed by atoms with van der Waals surface area (Å²) in [5.74, 6) is 2.13. The molecule has 2 aliphatic rings. The van der Waals surface area contributed by atoms with E-state index in [-0.39, 0.29) is 0 Å². The molecule has 0 bridgehead atoms. The molecule has 0 radical (unpaired) electrons. The second-order valence-corrected chi connectivity index (χ2v) is 5.34. The van der Waals surface area contributed by atoms with Gasteiger partial charge in [-0.2, -0.15) is 0 Å². The van der Waals surface area contributed by atoms with E-state index in [4.69, 9.17) is 23.2 Å². The van der Waals surface area contributed by atoms with Gasteiger partial charge >= 0.3 is 0 Å². The van der Waals surface area contributed by atoms with Crippen molar-refractivity contribution in [3.63, 3.8) is 0 Å². The van der Waals surface area contributed by atoms with E-state index in [0.717, 1.165) is 11.8 Å². The lowest BCUT2D eigenvalue weighted by atomic mass is 10.0. The lowest BCUT2D eigenvalue weighted by Gasteiger charge is -2.02. The third-order valence-corrected chi connectivity index (χ3v) is 4.21. The fourth-order valence-electron chi connectivity index (χ4n) is 2.54. The van der Waals surface area contributed by atoms with E-state index in [1.54, 1.807) is 12.1 Å². The maximum absolute atomic E-state index is 5.58. The molecule has 0 aromatic heterocycles. The van der Waals surface area contributed by atoms with Crippen LogP contribution < -0.4 is 5.32 Å². The van der Waals surface area contributed by atoms with Gasteiger partial charge in [-0.1, -0.05) is 55.6 Å². The van der Waals surface area contributed by atoms with E-state index < -0.39 is 0 Å². The van der Waals surface area contributed by atoms with Crippen LogP contribution in [0.15, 0.2) is 24.3 Å². The summed E-state index contributed by atoms with van der Waals surface area (Å²) in [5, 5.41) is 4.64. The Labute approximate surface area is 121 Å². The molecule has 1 saturated carbocycles. The van der Waals surface area contributed by atoms with E-state index in [2.05, 4.69) is 5.32 Å². The molecule has 3 heteroatoms. The van der Waals surface area contributed by atoms with Crippen LogP contribution in [-0.4, -0.2) is 13.1 Å². The maximum Gasteiger partial charge on any atom is 0.0592 e. The summed E-state index contributed by atoms with van der Waals surface area (Å²) >= 11 is 11.2. The molecule has 1 saturated heterocycles. The van der Waals surface area contributed by atoms with E-state index in [1.165, 1.54) is 32.4 Å². The van der Waals surface area contributed by atoms with Crippen molar-refractivity contribution in [3.05, 3.63) is 34.3 Å². The van der Waals surface area contributed by atoms with Crippen molar-refractivity contribution in [2.24, 2.45) is 11.8 Å². The van der Waals surface area contributed by atoms with Crippen LogP contribution in [-0.2, 0) is 0 Å². The van der Waals surface area contributed by atoms with Crippen LogP contribution in [0.1, 0.15) is 33.1 Å². The highest BCUT2D eigenvalue weighted by Gasteiger charge is 2.30. The van der Waals surface area contributed by atoms with Crippen LogP contribution in [0.5, 0.6) is 0 Å². The first-order valence-electron chi connectivity index (χ1n) is 6.88. The molecule has 0 amide bonds. The molecular weight excluding hydrogens is 265 g/mol.